The van der Waals surface area contributed by atoms with Gasteiger partial charge in [-0.2, -0.15) is 0 Å². The van der Waals surface area contributed by atoms with Gasteiger partial charge in [0.2, 0.25) is 0 Å². The van der Waals surface area contributed by atoms with Crippen molar-refractivity contribution in [3.63, 3.8) is 0 Å². The van der Waals surface area contributed by atoms with Crippen molar-refractivity contribution in [3.05, 3.63) is 59.7 Å². The van der Waals surface area contributed by atoms with Gasteiger partial charge in [-0.15, -0.1) is 0 Å². The lowest BCUT2D eigenvalue weighted by atomic mass is 10.2. The Morgan fingerprint density at radius 2 is 1.96 bits per heavy atom. The van der Waals surface area contributed by atoms with Crippen LogP contribution in [0.4, 0.5) is 10.1 Å². The zero-order chi connectivity index (χ0) is 18.2. The summed E-state index contributed by atoms with van der Waals surface area (Å²) in [7, 11) is 0. The summed E-state index contributed by atoms with van der Waals surface area (Å²) in [6, 6.07) is 8.05. The van der Waals surface area contributed by atoms with E-state index < -0.39 is 0 Å². The third kappa shape index (κ3) is 5.50. The number of halogens is 1. The molecule has 2 N–H and O–H groups in total. The molecule has 0 unspecified atom stereocenters. The smallest absolute Gasteiger partial charge is 0.252 e. The van der Waals surface area contributed by atoms with Crippen LogP contribution in [0.5, 0.6) is 0 Å². The summed E-state index contributed by atoms with van der Waals surface area (Å²) < 4.78 is 18.2. The lowest BCUT2D eigenvalue weighted by Gasteiger charge is -2.26. The fourth-order valence-corrected chi connectivity index (χ4v) is 2.72. The number of nitrogens with one attached hydrogen (secondary N) is 2. The predicted molar refractivity (Wildman–Crippen MR) is 97.6 cm³/mol. The highest BCUT2D eigenvalue weighted by Gasteiger charge is 2.11. The molecule has 0 radical (unpaired) electrons. The van der Waals surface area contributed by atoms with Gasteiger partial charge in [-0.3, -0.25) is 14.7 Å². The van der Waals surface area contributed by atoms with Crippen molar-refractivity contribution in [2.45, 2.75) is 6.54 Å². The van der Waals surface area contributed by atoms with E-state index >= 15 is 0 Å². The van der Waals surface area contributed by atoms with Gasteiger partial charge < -0.3 is 15.4 Å². The maximum Gasteiger partial charge on any atom is 0.252 e. The number of amides is 1. The highest BCUT2D eigenvalue weighted by molar-refractivity contribution is 5.94. The number of nitrogens with zero attached hydrogens (tertiary/aromatic N) is 2. The van der Waals surface area contributed by atoms with Crippen molar-refractivity contribution in [1.29, 1.82) is 0 Å². The summed E-state index contributed by atoms with van der Waals surface area (Å²) in [5.41, 5.74) is 2.21. The van der Waals surface area contributed by atoms with Gasteiger partial charge in [0.05, 0.1) is 24.5 Å². The number of anilines is 1. The van der Waals surface area contributed by atoms with Crippen LogP contribution < -0.4 is 10.6 Å². The number of hydrogen-bond donors (Lipinski definition) is 2. The Balaban J connectivity index is 1.47. The summed E-state index contributed by atoms with van der Waals surface area (Å²) >= 11 is 0. The number of pyridine rings is 1. The predicted octanol–water partition coefficient (Wildman–Crippen LogP) is 1.89. The summed E-state index contributed by atoms with van der Waals surface area (Å²) in [6.07, 6.45) is 3.21. The summed E-state index contributed by atoms with van der Waals surface area (Å²) in [4.78, 5) is 18.7. The molecule has 1 aromatic heterocycles. The summed E-state index contributed by atoms with van der Waals surface area (Å²) in [6.45, 7) is 5.24. The molecule has 1 amide bonds. The molecule has 6 nitrogen and oxygen atoms in total. The van der Waals surface area contributed by atoms with Crippen LogP contribution in [0.3, 0.4) is 0 Å². The number of ether oxygens (including phenoxy) is 1. The van der Waals surface area contributed by atoms with Crippen molar-refractivity contribution in [2.75, 3.05) is 44.7 Å². The molecule has 1 fully saturated rings. The number of carbonyl (C=O) groups is 1. The molecule has 0 bridgehead atoms. The first-order chi connectivity index (χ1) is 12.7. The highest BCUT2D eigenvalue weighted by atomic mass is 19.1. The Morgan fingerprint density at radius 3 is 2.73 bits per heavy atom. The van der Waals surface area contributed by atoms with Crippen LogP contribution in [-0.2, 0) is 11.3 Å². The van der Waals surface area contributed by atoms with Gasteiger partial charge >= 0.3 is 0 Å². The monoisotopic (exact) mass is 358 g/mol. The minimum absolute atomic E-state index is 0.142. The molecule has 1 aliphatic rings. The minimum Gasteiger partial charge on any atom is -0.380 e. The third-order valence-corrected chi connectivity index (χ3v) is 4.23. The molecule has 0 atom stereocenters. The maximum absolute atomic E-state index is 12.9. The van der Waals surface area contributed by atoms with Crippen molar-refractivity contribution >= 4 is 11.6 Å². The van der Waals surface area contributed by atoms with Gasteiger partial charge in [-0.05, 0) is 23.8 Å². The van der Waals surface area contributed by atoms with Crippen molar-refractivity contribution in [2.24, 2.45) is 0 Å². The number of rotatable bonds is 7. The second kappa shape index (κ2) is 9.26. The molecular formula is C19H23FN4O2. The van der Waals surface area contributed by atoms with E-state index in [0.717, 1.165) is 44.1 Å². The molecule has 7 heteroatoms. The van der Waals surface area contributed by atoms with E-state index in [9.17, 15) is 9.18 Å². The van der Waals surface area contributed by atoms with E-state index in [1.54, 1.807) is 30.6 Å². The average molecular weight is 358 g/mol. The van der Waals surface area contributed by atoms with E-state index in [1.165, 1.54) is 12.1 Å². The molecule has 2 heterocycles. The first kappa shape index (κ1) is 18.3. The Bertz CT molecular complexity index is 718. The fourth-order valence-electron chi connectivity index (χ4n) is 2.72. The lowest BCUT2D eigenvalue weighted by Crippen LogP contribution is -2.41. The lowest BCUT2D eigenvalue weighted by molar-refractivity contribution is 0.0383. The van der Waals surface area contributed by atoms with Gasteiger partial charge in [-0.25, -0.2) is 4.39 Å². The Labute approximate surface area is 152 Å². The summed E-state index contributed by atoms with van der Waals surface area (Å²) in [5, 5.41) is 6.12. The van der Waals surface area contributed by atoms with E-state index in [1.807, 2.05) is 0 Å². The van der Waals surface area contributed by atoms with Crippen LogP contribution in [-0.4, -0.2) is 55.2 Å². The van der Waals surface area contributed by atoms with Crippen LogP contribution >= 0.6 is 0 Å². The molecule has 0 saturated carbocycles. The molecule has 1 aromatic carbocycles. The molecule has 0 aliphatic carbocycles. The van der Waals surface area contributed by atoms with Gasteiger partial charge in [-0.1, -0.05) is 12.1 Å². The first-order valence-corrected chi connectivity index (χ1v) is 8.72. The Morgan fingerprint density at radius 1 is 1.19 bits per heavy atom. The van der Waals surface area contributed by atoms with Crippen LogP contribution in [0.15, 0.2) is 42.7 Å². The van der Waals surface area contributed by atoms with E-state index in [-0.39, 0.29) is 11.7 Å². The molecule has 3 rings (SSSR count). The molecule has 2 aromatic rings. The number of benzene rings is 1. The second-order valence-electron chi connectivity index (χ2n) is 6.15. The van der Waals surface area contributed by atoms with Crippen LogP contribution in [0.25, 0.3) is 0 Å². The van der Waals surface area contributed by atoms with E-state index in [4.69, 9.17) is 4.74 Å². The first-order valence-electron chi connectivity index (χ1n) is 8.72. The fraction of sp³-hybridized carbons (Fsp3) is 0.368. The van der Waals surface area contributed by atoms with Crippen LogP contribution in [0.2, 0.25) is 0 Å². The number of aromatic nitrogens is 1. The average Bonchev–Trinajstić information content (AvgIpc) is 2.68. The van der Waals surface area contributed by atoms with Gasteiger partial charge in [0.1, 0.15) is 5.82 Å². The number of hydrogen-bond acceptors (Lipinski definition) is 5. The van der Waals surface area contributed by atoms with Gasteiger partial charge in [0, 0.05) is 45.1 Å². The topological polar surface area (TPSA) is 66.5 Å². The standard InChI is InChI=1S/C19H23FN4O2/c20-17-3-1-15(2-4-17)12-23-18-11-16(13-21-14-18)19(25)22-5-6-24-7-9-26-10-8-24/h1-4,11,13-14,23H,5-10,12H2,(H,22,25). The molecule has 1 aliphatic heterocycles. The zero-order valence-electron chi connectivity index (χ0n) is 14.6. The normalized spacial score (nSPS) is 14.8. The maximum atomic E-state index is 12.9. The van der Waals surface area contributed by atoms with Crippen LogP contribution in [0, 0.1) is 5.82 Å². The number of morpholine rings is 1. The molecule has 26 heavy (non-hydrogen) atoms. The third-order valence-electron chi connectivity index (χ3n) is 4.23. The largest absolute Gasteiger partial charge is 0.380 e. The van der Waals surface area contributed by atoms with Gasteiger partial charge in [0.15, 0.2) is 0 Å². The quantitative estimate of drug-likeness (QED) is 0.791. The Hall–Kier alpha value is -2.51. The van der Waals surface area contributed by atoms with E-state index in [2.05, 4.69) is 20.5 Å². The molecule has 138 valence electrons. The molecule has 1 saturated heterocycles. The van der Waals surface area contributed by atoms with Crippen molar-refractivity contribution < 1.29 is 13.9 Å². The SMILES string of the molecule is O=C(NCCN1CCOCC1)c1cncc(NCc2ccc(F)cc2)c1. The van der Waals surface area contributed by atoms with Crippen molar-refractivity contribution in [3.8, 4) is 0 Å². The highest BCUT2D eigenvalue weighted by Crippen LogP contribution is 2.11. The van der Waals surface area contributed by atoms with Gasteiger partial charge in [0.25, 0.3) is 5.91 Å². The molecule has 0 spiro atoms. The summed E-state index contributed by atoms with van der Waals surface area (Å²) in [5.74, 6) is -0.401. The van der Waals surface area contributed by atoms with E-state index in [0.29, 0.717) is 18.7 Å². The number of carbonyl (C=O) groups excluding carboxylic acids is 1. The van der Waals surface area contributed by atoms with Crippen LogP contribution in [0.1, 0.15) is 15.9 Å². The zero-order valence-corrected chi connectivity index (χ0v) is 14.6. The minimum atomic E-state index is -0.258. The van der Waals surface area contributed by atoms with Crippen molar-refractivity contribution in [1.82, 2.24) is 15.2 Å². The molecular weight excluding hydrogens is 335 g/mol. The Kier molecular flexibility index (Phi) is 6.51. The second-order valence-corrected chi connectivity index (χ2v) is 6.15.